The number of unbranched alkanes of at least 4 members (excludes halogenated alkanes) is 3. The normalized spacial score (nSPS) is 10.3. The van der Waals surface area contributed by atoms with Gasteiger partial charge in [-0.15, -0.1) is 17.0 Å². The van der Waals surface area contributed by atoms with Crippen LogP contribution in [-0.2, 0) is 0 Å². The second kappa shape index (κ2) is 13.4. The molecule has 0 aromatic heterocycles. The van der Waals surface area contributed by atoms with Gasteiger partial charge in [0.2, 0.25) is 0 Å². The lowest BCUT2D eigenvalue weighted by Crippen LogP contribution is -2.27. The molecule has 14 heavy (non-hydrogen) atoms. The van der Waals surface area contributed by atoms with Crippen molar-refractivity contribution >= 4 is 17.0 Å². The molecule has 0 aliphatic heterocycles. The molecule has 0 aromatic rings. The minimum absolute atomic E-state index is 0. The highest BCUT2D eigenvalue weighted by atomic mass is 79.9. The van der Waals surface area contributed by atoms with Crippen LogP contribution in [0.5, 0.6) is 0 Å². The number of halogens is 1. The third-order valence-corrected chi connectivity index (χ3v) is 2.48. The van der Waals surface area contributed by atoms with E-state index in [-0.39, 0.29) is 17.0 Å². The molecule has 0 aliphatic rings. The summed E-state index contributed by atoms with van der Waals surface area (Å²) in [5.41, 5.74) is 0. The average Bonchev–Trinajstić information content (AvgIpc) is 2.17. The first-order chi connectivity index (χ1) is 6.35. The van der Waals surface area contributed by atoms with Gasteiger partial charge in [0.15, 0.2) is 0 Å². The SMILES string of the molecule is Br.CCCCN(CCCC)CCCC. The van der Waals surface area contributed by atoms with Crippen molar-refractivity contribution in [3.63, 3.8) is 0 Å². The Bertz CT molecular complexity index is 77.3. The molecule has 0 unspecified atom stereocenters. The van der Waals surface area contributed by atoms with E-state index < -0.39 is 0 Å². The molecule has 0 atom stereocenters. The van der Waals surface area contributed by atoms with Gasteiger partial charge in [0.1, 0.15) is 0 Å². The van der Waals surface area contributed by atoms with Crippen molar-refractivity contribution in [3.8, 4) is 0 Å². The molecule has 0 aromatic carbocycles. The molecule has 0 radical (unpaired) electrons. The summed E-state index contributed by atoms with van der Waals surface area (Å²) in [4.78, 5) is 2.64. The number of rotatable bonds is 9. The van der Waals surface area contributed by atoms with E-state index in [2.05, 4.69) is 25.7 Å². The highest BCUT2D eigenvalue weighted by Gasteiger charge is 2.01. The standard InChI is InChI=1S/C12H27N.BrH/c1-4-7-10-13(11-8-5-2)12-9-6-3;/h4-12H2,1-3H3;1H. The minimum atomic E-state index is 0. The van der Waals surface area contributed by atoms with Crippen molar-refractivity contribution < 1.29 is 0 Å². The zero-order valence-electron chi connectivity index (χ0n) is 10.2. The smallest absolute Gasteiger partial charge is 0.00188 e. The van der Waals surface area contributed by atoms with Gasteiger partial charge < -0.3 is 4.90 Å². The number of hydrogen-bond donors (Lipinski definition) is 0. The van der Waals surface area contributed by atoms with Gasteiger partial charge in [-0.1, -0.05) is 40.0 Å². The summed E-state index contributed by atoms with van der Waals surface area (Å²) < 4.78 is 0. The first kappa shape index (κ1) is 16.9. The van der Waals surface area contributed by atoms with Crippen molar-refractivity contribution in [3.05, 3.63) is 0 Å². The van der Waals surface area contributed by atoms with Crippen LogP contribution < -0.4 is 0 Å². The van der Waals surface area contributed by atoms with Gasteiger partial charge in [-0.05, 0) is 38.9 Å². The Hall–Kier alpha value is 0.440. The van der Waals surface area contributed by atoms with Crippen LogP contribution in [0.4, 0.5) is 0 Å². The van der Waals surface area contributed by atoms with Crippen LogP contribution >= 0.6 is 17.0 Å². The Morgan fingerprint density at radius 2 is 0.929 bits per heavy atom. The van der Waals surface area contributed by atoms with Crippen molar-refractivity contribution in [2.45, 2.75) is 59.3 Å². The molecule has 0 spiro atoms. The molecular formula is C12H28BrN. The highest BCUT2D eigenvalue weighted by molar-refractivity contribution is 8.93. The molecule has 0 aliphatic carbocycles. The summed E-state index contributed by atoms with van der Waals surface area (Å²) in [6.07, 6.45) is 8.09. The van der Waals surface area contributed by atoms with Crippen molar-refractivity contribution in [2.75, 3.05) is 19.6 Å². The van der Waals surface area contributed by atoms with Crippen LogP contribution in [0, 0.1) is 0 Å². The van der Waals surface area contributed by atoms with Crippen LogP contribution in [0.2, 0.25) is 0 Å². The van der Waals surface area contributed by atoms with Crippen molar-refractivity contribution in [1.82, 2.24) is 4.90 Å². The van der Waals surface area contributed by atoms with Crippen LogP contribution in [0.3, 0.4) is 0 Å². The van der Waals surface area contributed by atoms with Gasteiger partial charge in [0, 0.05) is 0 Å². The molecule has 0 heterocycles. The summed E-state index contributed by atoms with van der Waals surface area (Å²) in [6, 6.07) is 0. The second-order valence-electron chi connectivity index (χ2n) is 3.90. The van der Waals surface area contributed by atoms with E-state index in [1.165, 1.54) is 58.2 Å². The summed E-state index contributed by atoms with van der Waals surface area (Å²) in [5.74, 6) is 0. The molecule has 0 rings (SSSR count). The van der Waals surface area contributed by atoms with Gasteiger partial charge in [0.05, 0.1) is 0 Å². The molecular weight excluding hydrogens is 238 g/mol. The molecule has 0 amide bonds. The summed E-state index contributed by atoms with van der Waals surface area (Å²) >= 11 is 0. The summed E-state index contributed by atoms with van der Waals surface area (Å²) in [6.45, 7) is 10.8. The van der Waals surface area contributed by atoms with Gasteiger partial charge in [-0.3, -0.25) is 0 Å². The van der Waals surface area contributed by atoms with Crippen LogP contribution in [0.1, 0.15) is 59.3 Å². The molecule has 0 fully saturated rings. The van der Waals surface area contributed by atoms with Crippen molar-refractivity contribution in [2.24, 2.45) is 0 Å². The largest absolute Gasteiger partial charge is 0.303 e. The van der Waals surface area contributed by atoms with E-state index in [1.807, 2.05) is 0 Å². The summed E-state index contributed by atoms with van der Waals surface area (Å²) in [7, 11) is 0. The Morgan fingerprint density at radius 1 is 0.643 bits per heavy atom. The fourth-order valence-electron chi connectivity index (χ4n) is 1.48. The highest BCUT2D eigenvalue weighted by Crippen LogP contribution is 2.01. The third-order valence-electron chi connectivity index (χ3n) is 2.48. The molecule has 0 N–H and O–H groups in total. The third kappa shape index (κ3) is 10.5. The average molecular weight is 266 g/mol. The Morgan fingerprint density at radius 3 is 1.14 bits per heavy atom. The maximum absolute atomic E-state index is 2.64. The predicted octanol–water partition coefficient (Wildman–Crippen LogP) is 4.27. The predicted molar refractivity (Wildman–Crippen MR) is 71.5 cm³/mol. The molecule has 0 bridgehead atoms. The number of nitrogens with zero attached hydrogens (tertiary/aromatic N) is 1. The zero-order chi connectivity index (χ0) is 9.94. The van der Waals surface area contributed by atoms with Crippen LogP contribution in [0.25, 0.3) is 0 Å². The maximum Gasteiger partial charge on any atom is -0.00188 e. The Labute approximate surface area is 101 Å². The van der Waals surface area contributed by atoms with Gasteiger partial charge >= 0.3 is 0 Å². The monoisotopic (exact) mass is 265 g/mol. The maximum atomic E-state index is 2.64. The van der Waals surface area contributed by atoms with Crippen LogP contribution in [-0.4, -0.2) is 24.5 Å². The lowest BCUT2D eigenvalue weighted by atomic mass is 10.2. The van der Waals surface area contributed by atoms with E-state index in [4.69, 9.17) is 0 Å². The lowest BCUT2D eigenvalue weighted by Gasteiger charge is -2.21. The van der Waals surface area contributed by atoms with E-state index in [9.17, 15) is 0 Å². The van der Waals surface area contributed by atoms with Gasteiger partial charge in [0.25, 0.3) is 0 Å². The first-order valence-electron chi connectivity index (χ1n) is 6.07. The molecule has 0 saturated heterocycles. The molecule has 0 saturated carbocycles. The van der Waals surface area contributed by atoms with E-state index in [0.717, 1.165) is 0 Å². The van der Waals surface area contributed by atoms with Gasteiger partial charge in [-0.2, -0.15) is 0 Å². The summed E-state index contributed by atoms with van der Waals surface area (Å²) in [5, 5.41) is 0. The Kier molecular flexibility index (Phi) is 16.2. The molecule has 1 nitrogen and oxygen atoms in total. The fourth-order valence-corrected chi connectivity index (χ4v) is 1.48. The van der Waals surface area contributed by atoms with Crippen LogP contribution in [0.15, 0.2) is 0 Å². The fraction of sp³-hybridized carbons (Fsp3) is 1.00. The number of hydrogen-bond acceptors (Lipinski definition) is 1. The molecule has 2 heteroatoms. The first-order valence-corrected chi connectivity index (χ1v) is 6.07. The second-order valence-corrected chi connectivity index (χ2v) is 3.90. The van der Waals surface area contributed by atoms with E-state index in [1.54, 1.807) is 0 Å². The van der Waals surface area contributed by atoms with Crippen molar-refractivity contribution in [1.29, 1.82) is 0 Å². The van der Waals surface area contributed by atoms with E-state index in [0.29, 0.717) is 0 Å². The quantitative estimate of drug-likeness (QED) is 0.602. The zero-order valence-corrected chi connectivity index (χ0v) is 11.9. The van der Waals surface area contributed by atoms with Gasteiger partial charge in [-0.25, -0.2) is 0 Å². The Balaban J connectivity index is 0. The minimum Gasteiger partial charge on any atom is -0.303 e. The molecule has 88 valence electrons. The topological polar surface area (TPSA) is 3.24 Å². The van der Waals surface area contributed by atoms with E-state index >= 15 is 0 Å². The lowest BCUT2D eigenvalue weighted by molar-refractivity contribution is 0.261.